The van der Waals surface area contributed by atoms with Crippen molar-refractivity contribution < 1.29 is 22.5 Å². The SMILES string of the molecule is C[C@@]1(NC(=O)C[NH+]2CCN(c3ccc(F)cc3)CC2)CCS(=O)(=O)C1. The van der Waals surface area contributed by atoms with Gasteiger partial charge in [0.05, 0.1) is 43.2 Å². The molecule has 2 saturated heterocycles. The first-order valence-corrected chi connectivity index (χ1v) is 10.4. The van der Waals surface area contributed by atoms with Gasteiger partial charge in [0.15, 0.2) is 16.4 Å². The van der Waals surface area contributed by atoms with Crippen molar-refractivity contribution in [2.75, 3.05) is 49.1 Å². The number of amides is 1. The van der Waals surface area contributed by atoms with E-state index >= 15 is 0 Å². The van der Waals surface area contributed by atoms with Gasteiger partial charge in [0.2, 0.25) is 0 Å². The predicted octanol–water partition coefficient (Wildman–Crippen LogP) is -0.776. The van der Waals surface area contributed by atoms with Gasteiger partial charge in [-0.1, -0.05) is 0 Å². The van der Waals surface area contributed by atoms with E-state index in [0.717, 1.165) is 31.9 Å². The number of nitrogens with one attached hydrogen (secondary N) is 2. The normalized spacial score (nSPS) is 26.6. The zero-order valence-corrected chi connectivity index (χ0v) is 15.2. The smallest absolute Gasteiger partial charge is 0.275 e. The second kappa shape index (κ2) is 6.92. The molecule has 6 nitrogen and oxygen atoms in total. The number of carbonyl (C=O) groups is 1. The van der Waals surface area contributed by atoms with Crippen molar-refractivity contribution in [3.8, 4) is 0 Å². The van der Waals surface area contributed by atoms with Crippen LogP contribution in [0.15, 0.2) is 24.3 Å². The summed E-state index contributed by atoms with van der Waals surface area (Å²) in [5.74, 6) is -0.163. The van der Waals surface area contributed by atoms with Gasteiger partial charge in [-0.2, -0.15) is 0 Å². The average molecular weight is 370 g/mol. The Bertz CT molecular complexity index is 730. The first-order chi connectivity index (χ1) is 11.7. The van der Waals surface area contributed by atoms with Crippen LogP contribution >= 0.6 is 0 Å². The molecule has 8 heteroatoms. The highest BCUT2D eigenvalue weighted by atomic mass is 32.2. The van der Waals surface area contributed by atoms with Crippen molar-refractivity contribution >= 4 is 21.4 Å². The molecule has 2 N–H and O–H groups in total. The van der Waals surface area contributed by atoms with Gasteiger partial charge in [-0.3, -0.25) is 4.79 Å². The summed E-state index contributed by atoms with van der Waals surface area (Å²) in [5, 5.41) is 2.91. The fourth-order valence-electron chi connectivity index (χ4n) is 3.63. The van der Waals surface area contributed by atoms with Crippen LogP contribution in [0.25, 0.3) is 0 Å². The number of anilines is 1. The van der Waals surface area contributed by atoms with Crippen molar-refractivity contribution in [3.63, 3.8) is 0 Å². The van der Waals surface area contributed by atoms with E-state index in [4.69, 9.17) is 0 Å². The molecule has 0 saturated carbocycles. The lowest BCUT2D eigenvalue weighted by molar-refractivity contribution is -0.892. The molecule has 1 atom stereocenters. The molecule has 25 heavy (non-hydrogen) atoms. The molecule has 1 aromatic rings. The Morgan fingerprint density at radius 2 is 1.92 bits per heavy atom. The summed E-state index contributed by atoms with van der Waals surface area (Å²) in [6.45, 7) is 5.41. The maximum atomic E-state index is 13.0. The lowest BCUT2D eigenvalue weighted by atomic mass is 10.0. The van der Waals surface area contributed by atoms with E-state index in [9.17, 15) is 17.6 Å². The van der Waals surface area contributed by atoms with E-state index in [1.54, 1.807) is 19.1 Å². The second-order valence-electron chi connectivity index (χ2n) is 7.34. The number of piperazine rings is 1. The quantitative estimate of drug-likeness (QED) is 0.730. The summed E-state index contributed by atoms with van der Waals surface area (Å²) in [4.78, 5) is 15.7. The van der Waals surface area contributed by atoms with Crippen LogP contribution in [0.2, 0.25) is 0 Å². The molecule has 0 radical (unpaired) electrons. The largest absolute Gasteiger partial charge is 0.360 e. The van der Waals surface area contributed by atoms with Crippen molar-refractivity contribution in [1.82, 2.24) is 5.32 Å². The molecule has 2 aliphatic heterocycles. The number of nitrogens with zero attached hydrogens (tertiary/aromatic N) is 1. The number of hydrogen-bond acceptors (Lipinski definition) is 4. The molecule has 3 rings (SSSR count). The molecule has 2 heterocycles. The molecule has 0 bridgehead atoms. The van der Waals surface area contributed by atoms with Crippen LogP contribution in [0.3, 0.4) is 0 Å². The highest BCUT2D eigenvalue weighted by Crippen LogP contribution is 2.22. The summed E-state index contributed by atoms with van der Waals surface area (Å²) in [6, 6.07) is 6.46. The topological polar surface area (TPSA) is 70.9 Å². The van der Waals surface area contributed by atoms with Gasteiger partial charge >= 0.3 is 0 Å². The van der Waals surface area contributed by atoms with Crippen LogP contribution in [0.1, 0.15) is 13.3 Å². The lowest BCUT2D eigenvalue weighted by Gasteiger charge is -2.34. The number of quaternary nitrogens is 1. The van der Waals surface area contributed by atoms with Gasteiger partial charge in [0.1, 0.15) is 5.82 Å². The summed E-state index contributed by atoms with van der Waals surface area (Å²) < 4.78 is 36.2. The number of sulfone groups is 1. The average Bonchev–Trinajstić information content (AvgIpc) is 2.82. The van der Waals surface area contributed by atoms with E-state index in [2.05, 4.69) is 10.2 Å². The maximum absolute atomic E-state index is 13.0. The lowest BCUT2D eigenvalue weighted by Crippen LogP contribution is -3.16. The zero-order chi connectivity index (χ0) is 18.1. The third-order valence-electron chi connectivity index (χ3n) is 5.02. The highest BCUT2D eigenvalue weighted by molar-refractivity contribution is 7.91. The Hall–Kier alpha value is -1.67. The van der Waals surface area contributed by atoms with Gasteiger partial charge in [-0.05, 0) is 37.6 Å². The van der Waals surface area contributed by atoms with Crippen molar-refractivity contribution in [3.05, 3.63) is 30.1 Å². The minimum absolute atomic E-state index is 0.0272. The third-order valence-corrected chi connectivity index (χ3v) is 6.92. The van der Waals surface area contributed by atoms with Crippen LogP contribution in [0.5, 0.6) is 0 Å². The first-order valence-electron chi connectivity index (χ1n) is 8.60. The van der Waals surface area contributed by atoms with Crippen molar-refractivity contribution in [2.24, 2.45) is 0 Å². The summed E-state index contributed by atoms with van der Waals surface area (Å²) >= 11 is 0. The van der Waals surface area contributed by atoms with Crippen LogP contribution < -0.4 is 15.1 Å². The molecule has 0 unspecified atom stereocenters. The van der Waals surface area contributed by atoms with Gasteiger partial charge in [-0.15, -0.1) is 0 Å². The number of rotatable bonds is 4. The molecule has 1 aromatic carbocycles. The molecule has 1 amide bonds. The van der Waals surface area contributed by atoms with Gasteiger partial charge in [0, 0.05) is 5.69 Å². The summed E-state index contributed by atoms with van der Waals surface area (Å²) in [5.41, 5.74) is 0.360. The predicted molar refractivity (Wildman–Crippen MR) is 94.0 cm³/mol. The second-order valence-corrected chi connectivity index (χ2v) is 9.53. The molecular weight excluding hydrogens is 345 g/mol. The van der Waals surface area contributed by atoms with Crippen LogP contribution in [-0.2, 0) is 14.6 Å². The minimum Gasteiger partial charge on any atom is -0.360 e. The summed E-state index contributed by atoms with van der Waals surface area (Å²) in [7, 11) is -3.03. The Morgan fingerprint density at radius 1 is 1.28 bits per heavy atom. The van der Waals surface area contributed by atoms with Crippen molar-refractivity contribution in [2.45, 2.75) is 18.9 Å². The molecule has 2 fully saturated rings. The van der Waals surface area contributed by atoms with Crippen LogP contribution in [0.4, 0.5) is 10.1 Å². The summed E-state index contributed by atoms with van der Waals surface area (Å²) in [6.07, 6.45) is 0.481. The fourth-order valence-corrected chi connectivity index (χ4v) is 5.72. The zero-order valence-electron chi connectivity index (χ0n) is 14.4. The molecule has 0 aromatic heterocycles. The highest BCUT2D eigenvalue weighted by Gasteiger charge is 2.40. The van der Waals surface area contributed by atoms with Crippen molar-refractivity contribution in [1.29, 1.82) is 0 Å². The molecule has 0 spiro atoms. The van der Waals surface area contributed by atoms with Gasteiger partial charge in [-0.25, -0.2) is 12.8 Å². The first kappa shape index (κ1) is 18.1. The maximum Gasteiger partial charge on any atom is 0.275 e. The molecule has 138 valence electrons. The minimum atomic E-state index is -3.03. The van der Waals surface area contributed by atoms with E-state index in [0.29, 0.717) is 13.0 Å². The van der Waals surface area contributed by atoms with E-state index < -0.39 is 15.4 Å². The van der Waals surface area contributed by atoms with Crippen LogP contribution in [0, 0.1) is 5.82 Å². The molecular formula is C17H25FN3O3S+. The number of benzene rings is 1. The Morgan fingerprint density at radius 3 is 2.48 bits per heavy atom. The molecule has 0 aliphatic carbocycles. The Kier molecular flexibility index (Phi) is 5.02. The van der Waals surface area contributed by atoms with E-state index in [1.165, 1.54) is 17.0 Å². The standard InChI is InChI=1S/C17H24FN3O3S/c1-17(6-11-25(23,24)13-17)19-16(22)12-20-7-9-21(10-8-20)15-4-2-14(18)3-5-15/h2-5H,6-13H2,1H3,(H,19,22)/p+1/t17-/m1/s1. The third kappa shape index (κ3) is 4.70. The van der Waals surface area contributed by atoms with E-state index in [-0.39, 0.29) is 23.2 Å². The van der Waals surface area contributed by atoms with Gasteiger partial charge in [0.25, 0.3) is 5.91 Å². The Balaban J connectivity index is 1.47. The molecule has 2 aliphatic rings. The Labute approximate surface area is 147 Å². The monoisotopic (exact) mass is 370 g/mol. The van der Waals surface area contributed by atoms with E-state index in [1.807, 2.05) is 0 Å². The fraction of sp³-hybridized carbons (Fsp3) is 0.588. The van der Waals surface area contributed by atoms with Gasteiger partial charge < -0.3 is 15.1 Å². The number of halogens is 1. The number of hydrogen-bond donors (Lipinski definition) is 2. The van der Waals surface area contributed by atoms with Crippen LogP contribution in [-0.4, -0.2) is 64.1 Å². The number of carbonyl (C=O) groups excluding carboxylic acids is 1.